The highest BCUT2D eigenvalue weighted by atomic mass is 32.2. The van der Waals surface area contributed by atoms with Crippen LogP contribution in [0.4, 0.5) is 11.4 Å². The maximum Gasteiger partial charge on any atom is 0.275 e. The smallest absolute Gasteiger partial charge is 0.275 e. The molecule has 2 N–H and O–H groups in total. The van der Waals surface area contributed by atoms with Crippen LogP contribution < -0.4 is 20.2 Å². The van der Waals surface area contributed by atoms with E-state index >= 15 is 0 Å². The molecule has 0 saturated heterocycles. The number of benzene rings is 3. The summed E-state index contributed by atoms with van der Waals surface area (Å²) in [6.07, 6.45) is 0. The van der Waals surface area contributed by atoms with Crippen molar-refractivity contribution in [3.05, 3.63) is 71.8 Å². The molecule has 0 aliphatic carbocycles. The van der Waals surface area contributed by atoms with Gasteiger partial charge in [0.2, 0.25) is 0 Å². The second-order valence-electron chi connectivity index (χ2n) is 6.61. The Labute approximate surface area is 179 Å². The molecule has 152 valence electrons. The largest absolute Gasteiger partial charge is 0.493 e. The predicted octanol–water partition coefficient (Wildman–Crippen LogP) is 5.07. The summed E-state index contributed by atoms with van der Waals surface area (Å²) in [5, 5.41) is 7.74. The lowest BCUT2D eigenvalue weighted by atomic mass is 10.1. The Hall–Kier alpha value is -3.45. The number of anilines is 2. The lowest BCUT2D eigenvalue weighted by molar-refractivity contribution is 0.0951. The number of hydrazone groups is 1. The van der Waals surface area contributed by atoms with Crippen LogP contribution in [0.5, 0.6) is 11.5 Å². The number of nitrogens with one attached hydrogen (secondary N) is 2. The van der Waals surface area contributed by atoms with Gasteiger partial charge in [0.05, 0.1) is 36.9 Å². The molecule has 0 fully saturated rings. The van der Waals surface area contributed by atoms with Crippen LogP contribution >= 0.6 is 11.8 Å². The van der Waals surface area contributed by atoms with E-state index in [1.54, 1.807) is 30.0 Å². The normalized spacial score (nSPS) is 12.3. The van der Waals surface area contributed by atoms with Gasteiger partial charge < -0.3 is 14.8 Å². The van der Waals surface area contributed by atoms with Crippen LogP contribution in [0.1, 0.15) is 22.8 Å². The first-order valence-corrected chi connectivity index (χ1v) is 10.2. The van der Waals surface area contributed by atoms with Crippen molar-refractivity contribution in [3.63, 3.8) is 0 Å². The summed E-state index contributed by atoms with van der Waals surface area (Å²) >= 11 is 1.73. The van der Waals surface area contributed by atoms with Gasteiger partial charge in [-0.3, -0.25) is 4.79 Å². The van der Waals surface area contributed by atoms with E-state index in [1.807, 2.05) is 31.2 Å². The summed E-state index contributed by atoms with van der Waals surface area (Å²) in [5.41, 5.74) is 6.67. The zero-order valence-corrected chi connectivity index (χ0v) is 17.7. The minimum Gasteiger partial charge on any atom is -0.493 e. The Morgan fingerprint density at radius 3 is 2.57 bits per heavy atom. The number of nitrogens with zero attached hydrogens (tertiary/aromatic N) is 1. The minimum atomic E-state index is -0.370. The van der Waals surface area contributed by atoms with Gasteiger partial charge in [0.25, 0.3) is 5.91 Å². The van der Waals surface area contributed by atoms with E-state index in [0.29, 0.717) is 22.8 Å². The van der Waals surface area contributed by atoms with Crippen LogP contribution in [0.2, 0.25) is 0 Å². The Kier molecular flexibility index (Phi) is 5.63. The number of fused-ring (bicyclic) bond motifs is 2. The minimum absolute atomic E-state index is 0.355. The van der Waals surface area contributed by atoms with E-state index in [-0.39, 0.29) is 5.91 Å². The summed E-state index contributed by atoms with van der Waals surface area (Å²) < 4.78 is 10.6. The highest BCUT2D eigenvalue weighted by molar-refractivity contribution is 7.99. The van der Waals surface area contributed by atoms with E-state index in [4.69, 9.17) is 9.47 Å². The number of rotatable bonds is 5. The first kappa shape index (κ1) is 19.8. The molecule has 1 amide bonds. The molecule has 0 bridgehead atoms. The molecule has 0 spiro atoms. The first-order valence-electron chi connectivity index (χ1n) is 9.34. The van der Waals surface area contributed by atoms with Crippen LogP contribution in [0.3, 0.4) is 0 Å². The molecule has 7 heteroatoms. The topological polar surface area (TPSA) is 72.0 Å². The highest BCUT2D eigenvalue weighted by Crippen LogP contribution is 2.44. The van der Waals surface area contributed by atoms with Crippen LogP contribution in [0.15, 0.2) is 75.6 Å². The molecule has 1 heterocycles. The van der Waals surface area contributed by atoms with Gasteiger partial charge in [-0.05, 0) is 48.9 Å². The maximum atomic E-state index is 12.6. The van der Waals surface area contributed by atoms with Gasteiger partial charge in [-0.15, -0.1) is 0 Å². The van der Waals surface area contributed by atoms with E-state index in [2.05, 4.69) is 34.0 Å². The van der Waals surface area contributed by atoms with Crippen molar-refractivity contribution in [2.75, 3.05) is 19.5 Å². The molecule has 1 aliphatic rings. The second-order valence-corrected chi connectivity index (χ2v) is 7.70. The summed E-state index contributed by atoms with van der Waals surface area (Å²) in [6.45, 7) is 1.86. The highest BCUT2D eigenvalue weighted by Gasteiger charge is 2.17. The Morgan fingerprint density at radius 1 is 0.967 bits per heavy atom. The van der Waals surface area contributed by atoms with Crippen molar-refractivity contribution >= 4 is 34.8 Å². The fraction of sp³-hybridized carbons (Fsp3) is 0.130. The Morgan fingerprint density at radius 2 is 1.77 bits per heavy atom. The van der Waals surface area contributed by atoms with Gasteiger partial charge in [0, 0.05) is 9.79 Å². The van der Waals surface area contributed by atoms with Crippen molar-refractivity contribution in [2.45, 2.75) is 16.7 Å². The van der Waals surface area contributed by atoms with Crippen LogP contribution in [-0.4, -0.2) is 25.8 Å². The third kappa shape index (κ3) is 3.84. The predicted molar refractivity (Wildman–Crippen MR) is 120 cm³/mol. The molecular weight excluding hydrogens is 398 g/mol. The molecule has 3 aromatic carbocycles. The van der Waals surface area contributed by atoms with E-state index in [0.717, 1.165) is 21.8 Å². The van der Waals surface area contributed by atoms with E-state index in [1.165, 1.54) is 19.1 Å². The molecule has 4 rings (SSSR count). The number of para-hydroxylation sites is 2. The molecule has 0 saturated carbocycles. The molecule has 0 aromatic heterocycles. The number of carbonyl (C=O) groups excluding carboxylic acids is 1. The molecule has 30 heavy (non-hydrogen) atoms. The van der Waals surface area contributed by atoms with Gasteiger partial charge in [0.1, 0.15) is 0 Å². The summed E-state index contributed by atoms with van der Waals surface area (Å²) in [5.74, 6) is 0.495. The van der Waals surface area contributed by atoms with Crippen molar-refractivity contribution in [2.24, 2.45) is 5.10 Å². The molecular formula is C23H21N3O3S. The molecule has 0 atom stereocenters. The van der Waals surface area contributed by atoms with Gasteiger partial charge in [0.15, 0.2) is 11.5 Å². The lowest BCUT2D eigenvalue weighted by Crippen LogP contribution is -2.20. The standard InChI is InChI=1S/C23H21N3O3S/c1-14(25-26-23(27)16-7-6-9-19(28-2)22(16)29-3)15-11-12-21-18(13-15)24-17-8-4-5-10-20(17)30-21/h4-13,24H,1-3H3,(H,26,27). The Bertz CT molecular complexity index is 1140. The molecule has 0 radical (unpaired) electrons. The zero-order valence-electron chi connectivity index (χ0n) is 16.9. The number of ether oxygens (including phenoxy) is 2. The summed E-state index contributed by atoms with van der Waals surface area (Å²) in [7, 11) is 3.03. The van der Waals surface area contributed by atoms with Crippen LogP contribution in [0, 0.1) is 0 Å². The van der Waals surface area contributed by atoms with Gasteiger partial charge in [-0.25, -0.2) is 5.43 Å². The quantitative estimate of drug-likeness (QED) is 0.349. The lowest BCUT2D eigenvalue weighted by Gasteiger charge is -2.21. The zero-order chi connectivity index (χ0) is 21.1. The number of carbonyl (C=O) groups is 1. The van der Waals surface area contributed by atoms with Crippen molar-refractivity contribution < 1.29 is 14.3 Å². The van der Waals surface area contributed by atoms with Crippen molar-refractivity contribution in [3.8, 4) is 11.5 Å². The van der Waals surface area contributed by atoms with Crippen LogP contribution in [-0.2, 0) is 0 Å². The number of hydrogen-bond acceptors (Lipinski definition) is 6. The van der Waals surface area contributed by atoms with Crippen molar-refractivity contribution in [1.29, 1.82) is 0 Å². The molecule has 0 unspecified atom stereocenters. The fourth-order valence-electron chi connectivity index (χ4n) is 3.19. The molecule has 1 aliphatic heterocycles. The SMILES string of the molecule is COc1cccc(C(=O)NN=C(C)c2ccc3c(c2)Nc2ccccc2S3)c1OC. The number of amides is 1. The summed E-state index contributed by atoms with van der Waals surface area (Å²) in [6, 6.07) is 19.4. The van der Waals surface area contributed by atoms with Gasteiger partial charge >= 0.3 is 0 Å². The van der Waals surface area contributed by atoms with E-state index < -0.39 is 0 Å². The van der Waals surface area contributed by atoms with Gasteiger partial charge in [-0.2, -0.15) is 5.10 Å². The third-order valence-electron chi connectivity index (χ3n) is 4.75. The monoisotopic (exact) mass is 419 g/mol. The average molecular weight is 420 g/mol. The summed E-state index contributed by atoms with van der Waals surface area (Å²) in [4.78, 5) is 15.0. The number of methoxy groups -OCH3 is 2. The maximum absolute atomic E-state index is 12.6. The van der Waals surface area contributed by atoms with Crippen molar-refractivity contribution in [1.82, 2.24) is 5.43 Å². The fourth-order valence-corrected chi connectivity index (χ4v) is 4.16. The average Bonchev–Trinajstić information content (AvgIpc) is 2.79. The number of hydrogen-bond donors (Lipinski definition) is 2. The third-order valence-corrected chi connectivity index (χ3v) is 5.90. The van der Waals surface area contributed by atoms with Crippen LogP contribution in [0.25, 0.3) is 0 Å². The molecule has 6 nitrogen and oxygen atoms in total. The first-order chi connectivity index (χ1) is 14.6. The van der Waals surface area contributed by atoms with Gasteiger partial charge in [-0.1, -0.05) is 36.0 Å². The van der Waals surface area contributed by atoms with E-state index in [9.17, 15) is 4.79 Å². The molecule has 3 aromatic rings. The second kappa shape index (κ2) is 8.51. The Balaban J connectivity index is 1.53.